The first kappa shape index (κ1) is 9.60. The molecule has 4 nitrogen and oxygen atoms in total. The van der Waals surface area contributed by atoms with Crippen molar-refractivity contribution in [2.45, 2.75) is 0 Å². The molecule has 1 heterocycles. The quantitative estimate of drug-likeness (QED) is 0.521. The Kier molecular flexibility index (Phi) is 2.34. The number of nitrogens with zero attached hydrogens (tertiary/aromatic N) is 1. The molecule has 0 saturated carbocycles. The van der Waals surface area contributed by atoms with E-state index < -0.39 is 11.6 Å². The summed E-state index contributed by atoms with van der Waals surface area (Å²) in [7, 11) is 0. The molecule has 2 rings (SSSR count). The Morgan fingerprint density at radius 2 is 2.13 bits per heavy atom. The SMILES string of the molecule is NNc1ncc(-c2ccc(F)cc2F)[nH]1. The largest absolute Gasteiger partial charge is 0.323 e. The highest BCUT2D eigenvalue weighted by atomic mass is 19.1. The summed E-state index contributed by atoms with van der Waals surface area (Å²) in [6, 6.07) is 3.32. The van der Waals surface area contributed by atoms with E-state index in [9.17, 15) is 8.78 Å². The van der Waals surface area contributed by atoms with Crippen molar-refractivity contribution < 1.29 is 8.78 Å². The summed E-state index contributed by atoms with van der Waals surface area (Å²) in [5.74, 6) is 4.15. The summed E-state index contributed by atoms with van der Waals surface area (Å²) in [4.78, 5) is 6.55. The van der Waals surface area contributed by atoms with Crippen molar-refractivity contribution in [2.24, 2.45) is 5.84 Å². The van der Waals surface area contributed by atoms with Crippen molar-refractivity contribution in [2.75, 3.05) is 5.43 Å². The van der Waals surface area contributed by atoms with Gasteiger partial charge in [-0.05, 0) is 12.1 Å². The predicted molar refractivity (Wildman–Crippen MR) is 51.7 cm³/mol. The third kappa shape index (κ3) is 1.79. The first-order chi connectivity index (χ1) is 7.20. The van der Waals surface area contributed by atoms with Crippen molar-refractivity contribution in [3.8, 4) is 11.3 Å². The average Bonchev–Trinajstić information content (AvgIpc) is 2.66. The molecule has 1 aromatic heterocycles. The number of nitrogens with two attached hydrogens (primary N) is 1. The van der Waals surface area contributed by atoms with Crippen molar-refractivity contribution in [1.29, 1.82) is 0 Å². The first-order valence-corrected chi connectivity index (χ1v) is 4.18. The Balaban J connectivity index is 2.44. The number of hydrogen-bond donors (Lipinski definition) is 3. The molecular weight excluding hydrogens is 202 g/mol. The molecule has 1 aromatic carbocycles. The van der Waals surface area contributed by atoms with Crippen LogP contribution >= 0.6 is 0 Å². The number of aromatic amines is 1. The molecule has 0 amide bonds. The van der Waals surface area contributed by atoms with Crippen LogP contribution in [0.5, 0.6) is 0 Å². The number of nitrogens with one attached hydrogen (secondary N) is 2. The number of imidazole rings is 1. The third-order valence-electron chi connectivity index (χ3n) is 1.93. The molecule has 15 heavy (non-hydrogen) atoms. The minimum absolute atomic E-state index is 0.241. The molecule has 4 N–H and O–H groups in total. The van der Waals surface area contributed by atoms with Gasteiger partial charge >= 0.3 is 0 Å². The van der Waals surface area contributed by atoms with E-state index in [1.165, 1.54) is 18.3 Å². The van der Waals surface area contributed by atoms with Gasteiger partial charge in [0.1, 0.15) is 11.6 Å². The topological polar surface area (TPSA) is 66.7 Å². The molecule has 2 aromatic rings. The molecule has 0 radical (unpaired) electrons. The zero-order valence-electron chi connectivity index (χ0n) is 7.59. The Labute approximate surface area is 84.1 Å². The second-order valence-electron chi connectivity index (χ2n) is 2.91. The van der Waals surface area contributed by atoms with Crippen LogP contribution in [-0.2, 0) is 0 Å². The normalized spacial score (nSPS) is 10.3. The van der Waals surface area contributed by atoms with Crippen LogP contribution in [-0.4, -0.2) is 9.97 Å². The average molecular weight is 210 g/mol. The molecule has 0 aliphatic rings. The van der Waals surface area contributed by atoms with Crippen LogP contribution in [0.15, 0.2) is 24.4 Å². The Hall–Kier alpha value is -1.95. The summed E-state index contributed by atoms with van der Waals surface area (Å²) in [6.45, 7) is 0. The maximum atomic E-state index is 13.3. The molecule has 0 aliphatic heterocycles. The molecule has 0 spiro atoms. The maximum absolute atomic E-state index is 13.3. The molecule has 0 unspecified atom stereocenters. The minimum atomic E-state index is -0.651. The van der Waals surface area contributed by atoms with Crippen LogP contribution in [0.25, 0.3) is 11.3 Å². The Bertz CT molecular complexity index is 481. The predicted octanol–water partition coefficient (Wildman–Crippen LogP) is 1.64. The first-order valence-electron chi connectivity index (χ1n) is 4.18. The van der Waals surface area contributed by atoms with Gasteiger partial charge < -0.3 is 4.98 Å². The lowest BCUT2D eigenvalue weighted by Crippen LogP contribution is -2.07. The smallest absolute Gasteiger partial charge is 0.215 e. The summed E-state index contributed by atoms with van der Waals surface area (Å²) in [5.41, 5.74) is 2.96. The van der Waals surface area contributed by atoms with Gasteiger partial charge in [0.05, 0.1) is 11.9 Å². The summed E-state index contributed by atoms with van der Waals surface area (Å²) in [5, 5.41) is 0. The number of hydrogen-bond acceptors (Lipinski definition) is 3. The highest BCUT2D eigenvalue weighted by Gasteiger charge is 2.08. The lowest BCUT2D eigenvalue weighted by molar-refractivity contribution is 0.585. The Morgan fingerprint density at radius 3 is 2.73 bits per heavy atom. The van der Waals surface area contributed by atoms with E-state index in [1.54, 1.807) is 0 Å². The highest BCUT2D eigenvalue weighted by molar-refractivity contribution is 5.60. The fourth-order valence-corrected chi connectivity index (χ4v) is 1.24. The van der Waals surface area contributed by atoms with E-state index in [4.69, 9.17) is 5.84 Å². The van der Waals surface area contributed by atoms with Gasteiger partial charge in [0, 0.05) is 11.6 Å². The van der Waals surface area contributed by atoms with E-state index in [0.717, 1.165) is 6.07 Å². The number of hydrazine groups is 1. The molecule has 6 heteroatoms. The molecule has 0 aliphatic carbocycles. The van der Waals surface area contributed by atoms with Crippen LogP contribution in [0.1, 0.15) is 0 Å². The fraction of sp³-hybridized carbons (Fsp3) is 0. The zero-order valence-corrected chi connectivity index (χ0v) is 7.59. The molecular formula is C9H8F2N4. The molecule has 0 atom stereocenters. The van der Waals surface area contributed by atoms with Gasteiger partial charge in [0.25, 0.3) is 0 Å². The van der Waals surface area contributed by atoms with Gasteiger partial charge in [-0.15, -0.1) is 0 Å². The number of nitrogen functional groups attached to an aromatic ring is 1. The van der Waals surface area contributed by atoms with Gasteiger partial charge in [-0.25, -0.2) is 19.6 Å². The van der Waals surface area contributed by atoms with Crippen molar-refractivity contribution in [3.05, 3.63) is 36.0 Å². The van der Waals surface area contributed by atoms with Crippen molar-refractivity contribution >= 4 is 5.95 Å². The number of anilines is 1. The lowest BCUT2D eigenvalue weighted by Gasteiger charge is -1.99. The maximum Gasteiger partial charge on any atom is 0.215 e. The van der Waals surface area contributed by atoms with E-state index in [1.807, 2.05) is 0 Å². The van der Waals surface area contributed by atoms with Gasteiger partial charge in [0.2, 0.25) is 5.95 Å². The van der Waals surface area contributed by atoms with Crippen molar-refractivity contribution in [1.82, 2.24) is 9.97 Å². The van der Waals surface area contributed by atoms with Crippen LogP contribution in [0, 0.1) is 11.6 Å². The monoisotopic (exact) mass is 210 g/mol. The molecule has 0 saturated heterocycles. The number of benzene rings is 1. The van der Waals surface area contributed by atoms with Gasteiger partial charge in [0.15, 0.2) is 0 Å². The zero-order chi connectivity index (χ0) is 10.8. The number of aromatic nitrogens is 2. The van der Waals surface area contributed by atoms with E-state index in [0.29, 0.717) is 11.6 Å². The van der Waals surface area contributed by atoms with E-state index in [-0.39, 0.29) is 5.56 Å². The number of H-pyrrole nitrogens is 1. The van der Waals surface area contributed by atoms with Crippen LogP contribution in [0.3, 0.4) is 0 Å². The number of halogens is 2. The highest BCUT2D eigenvalue weighted by Crippen LogP contribution is 2.22. The van der Waals surface area contributed by atoms with Crippen molar-refractivity contribution in [3.63, 3.8) is 0 Å². The summed E-state index contributed by atoms with van der Waals surface area (Å²) < 4.78 is 25.9. The van der Waals surface area contributed by atoms with Crippen LogP contribution < -0.4 is 11.3 Å². The van der Waals surface area contributed by atoms with Crippen LogP contribution in [0.2, 0.25) is 0 Å². The second kappa shape index (κ2) is 3.66. The minimum Gasteiger partial charge on any atom is -0.323 e. The third-order valence-corrected chi connectivity index (χ3v) is 1.93. The van der Waals surface area contributed by atoms with Gasteiger partial charge in [-0.1, -0.05) is 0 Å². The van der Waals surface area contributed by atoms with Gasteiger partial charge in [-0.3, -0.25) is 5.43 Å². The lowest BCUT2D eigenvalue weighted by atomic mass is 10.1. The standard InChI is InChI=1S/C9H8F2N4/c10-5-1-2-6(7(11)3-5)8-4-13-9(14-8)15-12/h1-4H,12H2,(H2,13,14,15). The molecule has 0 bridgehead atoms. The van der Waals surface area contributed by atoms with Gasteiger partial charge in [-0.2, -0.15) is 0 Å². The van der Waals surface area contributed by atoms with E-state index >= 15 is 0 Å². The summed E-state index contributed by atoms with van der Waals surface area (Å²) in [6.07, 6.45) is 1.41. The fourth-order valence-electron chi connectivity index (χ4n) is 1.24. The van der Waals surface area contributed by atoms with Crippen LogP contribution in [0.4, 0.5) is 14.7 Å². The molecule has 78 valence electrons. The second-order valence-corrected chi connectivity index (χ2v) is 2.91. The van der Waals surface area contributed by atoms with E-state index in [2.05, 4.69) is 15.4 Å². The molecule has 0 fully saturated rings. The number of rotatable bonds is 2. The Morgan fingerprint density at radius 1 is 1.33 bits per heavy atom. The summed E-state index contributed by atoms with van der Waals surface area (Å²) >= 11 is 0.